The number of hydrogen-bond donors (Lipinski definition) is 1. The van der Waals surface area contributed by atoms with Crippen LogP contribution in [0.2, 0.25) is 0 Å². The lowest BCUT2D eigenvalue weighted by molar-refractivity contribution is 0.00305. The van der Waals surface area contributed by atoms with E-state index in [4.69, 9.17) is 9.47 Å². The monoisotopic (exact) mass is 334 g/mol. The Morgan fingerprint density at radius 2 is 1.96 bits per heavy atom. The number of ether oxygens (including phenoxy) is 2. The Labute approximate surface area is 143 Å². The second-order valence-electron chi connectivity index (χ2n) is 6.97. The van der Waals surface area contributed by atoms with Gasteiger partial charge in [-0.05, 0) is 51.6 Å². The first-order valence-corrected chi connectivity index (χ1v) is 8.53. The van der Waals surface area contributed by atoms with Gasteiger partial charge in [0.1, 0.15) is 13.2 Å². The summed E-state index contributed by atoms with van der Waals surface area (Å²) in [4.78, 5) is 16.6. The first kappa shape index (κ1) is 17.0. The van der Waals surface area contributed by atoms with Crippen molar-refractivity contribution in [3.63, 3.8) is 0 Å². The summed E-state index contributed by atoms with van der Waals surface area (Å²) in [6, 6.07) is 5.34. The molecule has 3 rings (SSSR count). The van der Waals surface area contributed by atoms with Gasteiger partial charge in [0.2, 0.25) is 0 Å². The second kappa shape index (κ2) is 6.99. The summed E-state index contributed by atoms with van der Waals surface area (Å²) in [5.74, 6) is 1.31. The molecule has 0 radical (unpaired) electrons. The highest BCUT2D eigenvalue weighted by atomic mass is 16.6. The molecule has 2 heterocycles. The average molecular weight is 334 g/mol. The average Bonchev–Trinajstić information content (AvgIpc) is 2.75. The van der Waals surface area contributed by atoms with Crippen LogP contribution in [-0.4, -0.2) is 73.4 Å². The number of aliphatic hydroxyl groups is 1. The molecule has 132 valence electrons. The SMILES string of the molecule is CN(C)CC1(O)CCCN(C(=O)c2ccc3c(c2)OCCO3)CC1. The molecule has 1 fully saturated rings. The molecule has 6 nitrogen and oxygen atoms in total. The number of likely N-dealkylation sites (N-methyl/N-ethyl adjacent to an activating group) is 1. The Hall–Kier alpha value is -1.79. The number of amides is 1. The highest BCUT2D eigenvalue weighted by molar-refractivity contribution is 5.95. The van der Waals surface area contributed by atoms with Crippen LogP contribution >= 0.6 is 0 Å². The topological polar surface area (TPSA) is 62.2 Å². The zero-order chi connectivity index (χ0) is 17.2. The fraction of sp³-hybridized carbons (Fsp3) is 0.611. The van der Waals surface area contributed by atoms with Gasteiger partial charge in [0, 0.05) is 25.2 Å². The molecule has 1 atom stereocenters. The van der Waals surface area contributed by atoms with Gasteiger partial charge in [-0.3, -0.25) is 4.79 Å². The third-order valence-electron chi connectivity index (χ3n) is 4.60. The number of rotatable bonds is 3. The summed E-state index contributed by atoms with van der Waals surface area (Å²) in [5, 5.41) is 10.7. The van der Waals surface area contributed by atoms with E-state index >= 15 is 0 Å². The lowest BCUT2D eigenvalue weighted by Crippen LogP contribution is -2.41. The maximum atomic E-state index is 12.8. The summed E-state index contributed by atoms with van der Waals surface area (Å²) in [7, 11) is 3.92. The predicted molar refractivity (Wildman–Crippen MR) is 90.7 cm³/mol. The van der Waals surface area contributed by atoms with E-state index in [1.165, 1.54) is 0 Å². The largest absolute Gasteiger partial charge is 0.486 e. The van der Waals surface area contributed by atoms with E-state index < -0.39 is 5.60 Å². The van der Waals surface area contributed by atoms with Gasteiger partial charge in [0.15, 0.2) is 11.5 Å². The number of fused-ring (bicyclic) bond motifs is 1. The molecule has 1 amide bonds. The van der Waals surface area contributed by atoms with Crippen LogP contribution in [0.5, 0.6) is 11.5 Å². The van der Waals surface area contributed by atoms with Crippen LogP contribution in [0.3, 0.4) is 0 Å². The van der Waals surface area contributed by atoms with E-state index in [-0.39, 0.29) is 5.91 Å². The molecule has 24 heavy (non-hydrogen) atoms. The van der Waals surface area contributed by atoms with E-state index in [2.05, 4.69) is 0 Å². The van der Waals surface area contributed by atoms with Gasteiger partial charge < -0.3 is 24.4 Å². The highest BCUT2D eigenvalue weighted by Crippen LogP contribution is 2.31. The lowest BCUT2D eigenvalue weighted by Gasteiger charge is -2.30. The molecule has 6 heteroatoms. The molecule has 0 spiro atoms. The Kier molecular flexibility index (Phi) is 4.96. The molecule has 2 aliphatic rings. The Balaban J connectivity index is 1.69. The smallest absolute Gasteiger partial charge is 0.253 e. The Morgan fingerprint density at radius 3 is 2.71 bits per heavy atom. The standard InChI is InChI=1S/C18H26N2O4/c1-19(2)13-18(22)6-3-8-20(9-7-18)17(21)14-4-5-15-16(12-14)24-11-10-23-15/h4-5,12,22H,3,6-11,13H2,1-2H3. The van der Waals surface area contributed by atoms with E-state index in [9.17, 15) is 9.90 Å². The molecule has 0 saturated carbocycles. The molecule has 0 aliphatic carbocycles. The molecule has 1 saturated heterocycles. The molecular weight excluding hydrogens is 308 g/mol. The molecular formula is C18H26N2O4. The Bertz CT molecular complexity index is 605. The van der Waals surface area contributed by atoms with Crippen LogP contribution in [-0.2, 0) is 0 Å². The predicted octanol–water partition coefficient (Wildman–Crippen LogP) is 1.38. The van der Waals surface area contributed by atoms with Crippen molar-refractivity contribution in [3.8, 4) is 11.5 Å². The zero-order valence-electron chi connectivity index (χ0n) is 14.5. The van der Waals surface area contributed by atoms with Crippen LogP contribution in [0.4, 0.5) is 0 Å². The molecule has 1 unspecified atom stereocenters. The zero-order valence-corrected chi connectivity index (χ0v) is 14.5. The number of nitrogens with zero attached hydrogens (tertiary/aromatic N) is 2. The van der Waals surface area contributed by atoms with Crippen LogP contribution in [0.1, 0.15) is 29.6 Å². The van der Waals surface area contributed by atoms with Gasteiger partial charge in [0.05, 0.1) is 5.60 Å². The first-order valence-electron chi connectivity index (χ1n) is 8.53. The fourth-order valence-corrected chi connectivity index (χ4v) is 3.49. The van der Waals surface area contributed by atoms with Gasteiger partial charge in [-0.15, -0.1) is 0 Å². The van der Waals surface area contributed by atoms with Crippen molar-refractivity contribution >= 4 is 5.91 Å². The summed E-state index contributed by atoms with van der Waals surface area (Å²) >= 11 is 0. The fourth-order valence-electron chi connectivity index (χ4n) is 3.49. The molecule has 0 aromatic heterocycles. The maximum absolute atomic E-state index is 12.8. The van der Waals surface area contributed by atoms with Crippen molar-refractivity contribution in [3.05, 3.63) is 23.8 Å². The van der Waals surface area contributed by atoms with Gasteiger partial charge in [-0.25, -0.2) is 0 Å². The van der Waals surface area contributed by atoms with Crippen LogP contribution in [0.15, 0.2) is 18.2 Å². The minimum Gasteiger partial charge on any atom is -0.486 e. The van der Waals surface area contributed by atoms with E-state index in [0.717, 1.165) is 12.8 Å². The minimum absolute atomic E-state index is 0.0129. The third-order valence-corrected chi connectivity index (χ3v) is 4.60. The van der Waals surface area contributed by atoms with Gasteiger partial charge in [-0.1, -0.05) is 0 Å². The molecule has 0 bridgehead atoms. The highest BCUT2D eigenvalue weighted by Gasteiger charge is 2.32. The molecule has 1 aromatic carbocycles. The number of hydrogen-bond acceptors (Lipinski definition) is 5. The number of benzene rings is 1. The first-order chi connectivity index (χ1) is 11.5. The van der Waals surface area contributed by atoms with Crippen LogP contribution < -0.4 is 9.47 Å². The molecule has 1 aromatic rings. The van der Waals surface area contributed by atoms with Crippen molar-refractivity contribution in [2.45, 2.75) is 24.9 Å². The summed E-state index contributed by atoms with van der Waals surface area (Å²) in [6.45, 7) is 2.91. The quantitative estimate of drug-likeness (QED) is 0.905. The van der Waals surface area contributed by atoms with Gasteiger partial charge in [-0.2, -0.15) is 0 Å². The molecule has 2 aliphatic heterocycles. The van der Waals surface area contributed by atoms with Crippen LogP contribution in [0, 0.1) is 0 Å². The summed E-state index contributed by atoms with van der Waals surface area (Å²) < 4.78 is 11.1. The van der Waals surface area contributed by atoms with Crippen LogP contribution in [0.25, 0.3) is 0 Å². The number of carbonyl (C=O) groups is 1. The van der Waals surface area contributed by atoms with E-state index in [1.807, 2.05) is 23.9 Å². The minimum atomic E-state index is -0.717. The van der Waals surface area contributed by atoms with Crippen molar-refractivity contribution < 1.29 is 19.4 Å². The Morgan fingerprint density at radius 1 is 1.21 bits per heavy atom. The van der Waals surface area contributed by atoms with E-state index in [0.29, 0.717) is 56.3 Å². The van der Waals surface area contributed by atoms with E-state index in [1.54, 1.807) is 18.2 Å². The van der Waals surface area contributed by atoms with Crippen molar-refractivity contribution in [1.29, 1.82) is 0 Å². The summed E-state index contributed by atoms with van der Waals surface area (Å²) in [5.41, 5.74) is -0.108. The van der Waals surface area contributed by atoms with Crippen molar-refractivity contribution in [2.75, 3.05) is 46.9 Å². The van der Waals surface area contributed by atoms with Crippen molar-refractivity contribution in [1.82, 2.24) is 9.80 Å². The number of likely N-dealkylation sites (tertiary alicyclic amines) is 1. The van der Waals surface area contributed by atoms with Gasteiger partial charge >= 0.3 is 0 Å². The van der Waals surface area contributed by atoms with Gasteiger partial charge in [0.25, 0.3) is 5.91 Å². The normalized spacial score (nSPS) is 23.9. The maximum Gasteiger partial charge on any atom is 0.253 e. The molecule has 1 N–H and O–H groups in total. The van der Waals surface area contributed by atoms with Crippen molar-refractivity contribution in [2.24, 2.45) is 0 Å². The number of carbonyl (C=O) groups excluding carboxylic acids is 1. The second-order valence-corrected chi connectivity index (χ2v) is 6.97. The lowest BCUT2D eigenvalue weighted by atomic mass is 9.94. The third kappa shape index (κ3) is 3.82. The summed E-state index contributed by atoms with van der Waals surface area (Å²) in [6.07, 6.45) is 2.12.